The minimum atomic E-state index is -0.111. The van der Waals surface area contributed by atoms with E-state index in [1.165, 1.54) is 25.0 Å². The van der Waals surface area contributed by atoms with E-state index in [1.54, 1.807) is 0 Å². The molecule has 84 valence electrons. The summed E-state index contributed by atoms with van der Waals surface area (Å²) in [6.45, 7) is 2.22. The zero-order valence-electron chi connectivity index (χ0n) is 9.33. The summed E-state index contributed by atoms with van der Waals surface area (Å²) in [6, 6.07) is 0.890. The molecule has 0 heterocycles. The summed E-state index contributed by atoms with van der Waals surface area (Å²) in [4.78, 5) is 0. The molecular weight excluding hydrogens is 194 g/mol. The van der Waals surface area contributed by atoms with Gasteiger partial charge in [-0.05, 0) is 38.2 Å². The predicted octanol–water partition coefficient (Wildman–Crippen LogP) is 2.02. The number of thioether (sulfide) groups is 1. The van der Waals surface area contributed by atoms with E-state index >= 15 is 0 Å². The first-order valence-electron chi connectivity index (χ1n) is 5.67. The SMILES string of the molecule is CSCCC(C)N[C@@H]1CCCC[C@H]1O. The molecule has 0 aliphatic heterocycles. The second-order valence-corrected chi connectivity index (χ2v) is 5.29. The van der Waals surface area contributed by atoms with E-state index in [1.807, 2.05) is 11.8 Å². The fourth-order valence-electron chi connectivity index (χ4n) is 2.05. The first-order valence-corrected chi connectivity index (χ1v) is 7.06. The zero-order chi connectivity index (χ0) is 10.4. The fourth-order valence-corrected chi connectivity index (χ4v) is 2.64. The van der Waals surface area contributed by atoms with E-state index in [0.717, 1.165) is 12.8 Å². The van der Waals surface area contributed by atoms with Crippen molar-refractivity contribution in [2.45, 2.75) is 57.2 Å². The maximum absolute atomic E-state index is 9.78. The topological polar surface area (TPSA) is 32.3 Å². The van der Waals surface area contributed by atoms with Crippen molar-refractivity contribution in [2.24, 2.45) is 0 Å². The lowest BCUT2D eigenvalue weighted by Gasteiger charge is -2.31. The number of aliphatic hydroxyl groups is 1. The van der Waals surface area contributed by atoms with Gasteiger partial charge >= 0.3 is 0 Å². The first-order chi connectivity index (χ1) is 6.74. The third kappa shape index (κ3) is 4.20. The maximum Gasteiger partial charge on any atom is 0.0693 e. The lowest BCUT2D eigenvalue weighted by atomic mass is 9.92. The van der Waals surface area contributed by atoms with E-state index in [9.17, 15) is 5.11 Å². The Kier molecular flexibility index (Phi) is 5.90. The Morgan fingerprint density at radius 1 is 1.43 bits per heavy atom. The van der Waals surface area contributed by atoms with Crippen molar-refractivity contribution in [2.75, 3.05) is 12.0 Å². The second kappa shape index (κ2) is 6.70. The Balaban J connectivity index is 2.20. The summed E-state index contributed by atoms with van der Waals surface area (Å²) in [7, 11) is 0. The van der Waals surface area contributed by atoms with Crippen LogP contribution in [0.25, 0.3) is 0 Å². The summed E-state index contributed by atoms with van der Waals surface area (Å²) in [5.41, 5.74) is 0. The third-order valence-electron chi connectivity index (χ3n) is 2.98. The normalized spacial score (nSPS) is 30.2. The third-order valence-corrected chi connectivity index (χ3v) is 3.63. The van der Waals surface area contributed by atoms with Gasteiger partial charge in [0, 0.05) is 12.1 Å². The van der Waals surface area contributed by atoms with Gasteiger partial charge in [-0.25, -0.2) is 0 Å². The molecule has 1 unspecified atom stereocenters. The smallest absolute Gasteiger partial charge is 0.0693 e. The van der Waals surface area contributed by atoms with Gasteiger partial charge in [0.05, 0.1) is 6.10 Å². The molecule has 0 spiro atoms. The average molecular weight is 217 g/mol. The van der Waals surface area contributed by atoms with Gasteiger partial charge in [0.2, 0.25) is 0 Å². The highest BCUT2D eigenvalue weighted by Crippen LogP contribution is 2.19. The molecule has 0 radical (unpaired) electrons. The molecule has 0 saturated heterocycles. The molecule has 3 heteroatoms. The lowest BCUT2D eigenvalue weighted by Crippen LogP contribution is -2.46. The van der Waals surface area contributed by atoms with Gasteiger partial charge in [0.1, 0.15) is 0 Å². The largest absolute Gasteiger partial charge is 0.392 e. The molecule has 0 aromatic rings. The van der Waals surface area contributed by atoms with Gasteiger partial charge in [0.15, 0.2) is 0 Å². The van der Waals surface area contributed by atoms with Crippen LogP contribution in [0, 0.1) is 0 Å². The summed E-state index contributed by atoms with van der Waals surface area (Å²) in [6.07, 6.45) is 7.81. The summed E-state index contributed by atoms with van der Waals surface area (Å²) < 4.78 is 0. The van der Waals surface area contributed by atoms with Crippen LogP contribution in [0.4, 0.5) is 0 Å². The van der Waals surface area contributed by atoms with Crippen LogP contribution in [-0.4, -0.2) is 35.3 Å². The molecule has 1 fully saturated rings. The monoisotopic (exact) mass is 217 g/mol. The molecule has 1 saturated carbocycles. The van der Waals surface area contributed by atoms with Crippen LogP contribution < -0.4 is 5.32 Å². The van der Waals surface area contributed by atoms with Gasteiger partial charge in [-0.1, -0.05) is 12.8 Å². The Morgan fingerprint density at radius 3 is 2.79 bits per heavy atom. The van der Waals surface area contributed by atoms with Crippen molar-refractivity contribution >= 4 is 11.8 Å². The molecule has 0 amide bonds. The van der Waals surface area contributed by atoms with E-state index in [-0.39, 0.29) is 6.10 Å². The molecule has 0 aromatic carbocycles. The van der Waals surface area contributed by atoms with Crippen LogP contribution >= 0.6 is 11.8 Å². The van der Waals surface area contributed by atoms with Crippen molar-refractivity contribution in [1.82, 2.24) is 5.32 Å². The Morgan fingerprint density at radius 2 is 2.14 bits per heavy atom. The summed E-state index contributed by atoms with van der Waals surface area (Å²) >= 11 is 1.89. The number of hydrogen-bond acceptors (Lipinski definition) is 3. The Hall–Kier alpha value is 0.270. The van der Waals surface area contributed by atoms with Crippen molar-refractivity contribution in [1.29, 1.82) is 0 Å². The highest BCUT2D eigenvalue weighted by atomic mass is 32.2. The Bertz CT molecular complexity index is 154. The Labute approximate surface area is 91.9 Å². The average Bonchev–Trinajstić information content (AvgIpc) is 2.18. The summed E-state index contributed by atoms with van der Waals surface area (Å²) in [5.74, 6) is 1.21. The minimum absolute atomic E-state index is 0.111. The van der Waals surface area contributed by atoms with Crippen LogP contribution in [0.1, 0.15) is 39.0 Å². The molecule has 2 N–H and O–H groups in total. The van der Waals surface area contributed by atoms with Crippen molar-refractivity contribution < 1.29 is 5.11 Å². The molecule has 2 nitrogen and oxygen atoms in total. The van der Waals surface area contributed by atoms with Gasteiger partial charge in [0.25, 0.3) is 0 Å². The van der Waals surface area contributed by atoms with Crippen molar-refractivity contribution in [3.05, 3.63) is 0 Å². The molecule has 3 atom stereocenters. The summed E-state index contributed by atoms with van der Waals surface area (Å²) in [5, 5.41) is 13.3. The minimum Gasteiger partial charge on any atom is -0.392 e. The highest BCUT2D eigenvalue weighted by Gasteiger charge is 2.23. The van der Waals surface area contributed by atoms with Gasteiger partial charge in [-0.3, -0.25) is 0 Å². The van der Waals surface area contributed by atoms with E-state index in [0.29, 0.717) is 12.1 Å². The lowest BCUT2D eigenvalue weighted by molar-refractivity contribution is 0.0858. The van der Waals surface area contributed by atoms with Crippen molar-refractivity contribution in [3.63, 3.8) is 0 Å². The van der Waals surface area contributed by atoms with E-state index in [2.05, 4.69) is 18.5 Å². The van der Waals surface area contributed by atoms with E-state index < -0.39 is 0 Å². The standard InChI is InChI=1S/C11H23NOS/c1-9(7-8-14-2)12-10-5-3-4-6-11(10)13/h9-13H,3-8H2,1-2H3/t9?,10-,11-/m1/s1. The fraction of sp³-hybridized carbons (Fsp3) is 1.00. The molecule has 14 heavy (non-hydrogen) atoms. The number of aliphatic hydroxyl groups excluding tert-OH is 1. The number of rotatable bonds is 5. The number of hydrogen-bond donors (Lipinski definition) is 2. The molecular formula is C11H23NOS. The number of nitrogens with one attached hydrogen (secondary N) is 1. The van der Waals surface area contributed by atoms with Crippen LogP contribution in [0.2, 0.25) is 0 Å². The van der Waals surface area contributed by atoms with Gasteiger partial charge < -0.3 is 10.4 Å². The zero-order valence-corrected chi connectivity index (χ0v) is 10.1. The molecule has 1 rings (SSSR count). The van der Waals surface area contributed by atoms with E-state index in [4.69, 9.17) is 0 Å². The molecule has 0 aromatic heterocycles. The quantitative estimate of drug-likeness (QED) is 0.739. The van der Waals surface area contributed by atoms with Crippen molar-refractivity contribution in [3.8, 4) is 0 Å². The molecule has 0 bridgehead atoms. The van der Waals surface area contributed by atoms with Crippen LogP contribution in [-0.2, 0) is 0 Å². The second-order valence-electron chi connectivity index (χ2n) is 4.31. The molecule has 1 aliphatic carbocycles. The maximum atomic E-state index is 9.78. The molecule has 1 aliphatic rings. The predicted molar refractivity (Wildman–Crippen MR) is 63.9 cm³/mol. The van der Waals surface area contributed by atoms with Crippen LogP contribution in [0.15, 0.2) is 0 Å². The van der Waals surface area contributed by atoms with Crippen LogP contribution in [0.3, 0.4) is 0 Å². The van der Waals surface area contributed by atoms with Gasteiger partial charge in [-0.15, -0.1) is 0 Å². The van der Waals surface area contributed by atoms with Gasteiger partial charge in [-0.2, -0.15) is 11.8 Å². The first kappa shape index (κ1) is 12.3. The highest BCUT2D eigenvalue weighted by molar-refractivity contribution is 7.98. The van der Waals surface area contributed by atoms with Crippen LogP contribution in [0.5, 0.6) is 0 Å².